The summed E-state index contributed by atoms with van der Waals surface area (Å²) in [7, 11) is 0. The van der Waals surface area contributed by atoms with Gasteiger partial charge >= 0.3 is 0 Å². The molecule has 0 unspecified atom stereocenters. The van der Waals surface area contributed by atoms with Crippen LogP contribution in [0.15, 0.2) is 63.4 Å². The number of fused-ring (bicyclic) bond motifs is 1. The van der Waals surface area contributed by atoms with E-state index in [9.17, 15) is 9.90 Å². The van der Waals surface area contributed by atoms with Crippen LogP contribution in [0.1, 0.15) is 33.6 Å². The third kappa shape index (κ3) is 2.71. The number of phenolic OH excluding ortho intramolecular Hbond substituents is 1. The molecule has 1 N–H and O–H groups in total. The van der Waals surface area contributed by atoms with Crippen molar-refractivity contribution in [1.29, 1.82) is 0 Å². The fourth-order valence-electron chi connectivity index (χ4n) is 4.71. The van der Waals surface area contributed by atoms with E-state index in [0.29, 0.717) is 10.9 Å². The number of allylic oxidation sites excluding steroid dienone is 5. The summed E-state index contributed by atoms with van der Waals surface area (Å²) in [6.07, 6.45) is 4.29. The van der Waals surface area contributed by atoms with Crippen molar-refractivity contribution in [2.24, 2.45) is 11.3 Å². The van der Waals surface area contributed by atoms with Crippen LogP contribution in [0.5, 0.6) is 5.75 Å². The lowest BCUT2D eigenvalue weighted by molar-refractivity contribution is -0.120. The molecule has 1 spiro atoms. The van der Waals surface area contributed by atoms with E-state index in [1.54, 1.807) is 40.7 Å². The highest BCUT2D eigenvalue weighted by molar-refractivity contribution is 7.99. The summed E-state index contributed by atoms with van der Waals surface area (Å²) in [5.41, 5.74) is 6.68. The number of thioether (sulfide) groups is 1. The molecule has 3 aliphatic carbocycles. The lowest BCUT2D eigenvalue weighted by Gasteiger charge is -2.32. The van der Waals surface area contributed by atoms with E-state index in [0.717, 1.165) is 29.7 Å². The lowest BCUT2D eigenvalue weighted by Crippen LogP contribution is -2.31. The Labute approximate surface area is 173 Å². The van der Waals surface area contributed by atoms with Crippen LogP contribution in [-0.4, -0.2) is 36.8 Å². The Morgan fingerprint density at radius 2 is 1.97 bits per heavy atom. The van der Waals surface area contributed by atoms with Gasteiger partial charge in [-0.2, -0.15) is 4.68 Å². The molecule has 0 bridgehead atoms. The highest BCUT2D eigenvalue weighted by Crippen LogP contribution is 2.63. The van der Waals surface area contributed by atoms with Crippen LogP contribution in [0, 0.1) is 11.3 Å². The smallest absolute Gasteiger partial charge is 0.214 e. The van der Waals surface area contributed by atoms with Crippen molar-refractivity contribution in [3.63, 3.8) is 0 Å². The molecule has 1 heterocycles. The number of tetrazole rings is 1. The van der Waals surface area contributed by atoms with E-state index in [4.69, 9.17) is 0 Å². The Morgan fingerprint density at radius 1 is 1.24 bits per heavy atom. The number of aromatic nitrogens is 4. The standard InChI is InChI=1S/C22H22N4O2S/c1-12-10-17-19(13(2)22(8-9-22)14(3)20(17)28)18(12)11-29-21-23-24-25-26(21)15-4-6-16(27)7-5-15/h4-7,10,14,27H,8-9,11H2,1-3H3/t14-/m1/s1. The molecule has 148 valence electrons. The molecule has 0 amide bonds. The first kappa shape index (κ1) is 18.4. The molecule has 0 saturated heterocycles. The Kier molecular flexibility index (Phi) is 4.07. The number of benzene rings is 1. The molecule has 2 aromatic rings. The minimum Gasteiger partial charge on any atom is -0.508 e. The van der Waals surface area contributed by atoms with Crippen LogP contribution < -0.4 is 0 Å². The van der Waals surface area contributed by atoms with Gasteiger partial charge in [-0.15, -0.1) is 5.10 Å². The first-order valence-electron chi connectivity index (χ1n) is 9.81. The molecule has 29 heavy (non-hydrogen) atoms. The zero-order valence-electron chi connectivity index (χ0n) is 16.6. The summed E-state index contributed by atoms with van der Waals surface area (Å²) in [6, 6.07) is 6.78. The van der Waals surface area contributed by atoms with Crippen LogP contribution >= 0.6 is 11.8 Å². The van der Waals surface area contributed by atoms with E-state index < -0.39 is 0 Å². The predicted molar refractivity (Wildman–Crippen MR) is 111 cm³/mol. The number of phenols is 1. The van der Waals surface area contributed by atoms with E-state index in [1.807, 2.05) is 0 Å². The molecular formula is C22H22N4O2S. The van der Waals surface area contributed by atoms with Gasteiger partial charge in [0.2, 0.25) is 5.16 Å². The molecule has 1 saturated carbocycles. The van der Waals surface area contributed by atoms with Crippen molar-refractivity contribution in [2.75, 3.05) is 5.75 Å². The quantitative estimate of drug-likeness (QED) is 0.772. The second-order valence-electron chi connectivity index (χ2n) is 8.14. The van der Waals surface area contributed by atoms with Gasteiger partial charge in [0.1, 0.15) is 5.75 Å². The van der Waals surface area contributed by atoms with E-state index in [-0.39, 0.29) is 22.9 Å². The van der Waals surface area contributed by atoms with Crippen LogP contribution in [-0.2, 0) is 4.79 Å². The van der Waals surface area contributed by atoms with Crippen molar-refractivity contribution >= 4 is 17.5 Å². The molecule has 1 fully saturated rings. The second kappa shape index (κ2) is 6.42. The first-order valence-corrected chi connectivity index (χ1v) is 10.8. The molecule has 0 radical (unpaired) electrons. The molecule has 1 atom stereocenters. The number of nitrogens with zero attached hydrogens (tertiary/aromatic N) is 4. The fourth-order valence-corrected chi connectivity index (χ4v) is 5.71. The minimum absolute atomic E-state index is 0.0813. The number of carbonyl (C=O) groups excluding carboxylic acids is 1. The maximum absolute atomic E-state index is 13.0. The highest BCUT2D eigenvalue weighted by Gasteiger charge is 2.56. The van der Waals surface area contributed by atoms with Crippen molar-refractivity contribution in [2.45, 2.75) is 38.8 Å². The average molecular weight is 407 g/mol. The number of hydrogen-bond donors (Lipinski definition) is 1. The molecule has 3 aliphatic rings. The number of ketones is 1. The van der Waals surface area contributed by atoms with Crippen LogP contribution in [0.4, 0.5) is 0 Å². The fraction of sp³-hybridized carbons (Fsp3) is 0.364. The monoisotopic (exact) mass is 406 g/mol. The van der Waals surface area contributed by atoms with Gasteiger partial charge in [0, 0.05) is 22.7 Å². The number of Topliss-reactive ketones (excluding diaryl/α,β-unsaturated/α-hetero) is 1. The largest absolute Gasteiger partial charge is 0.508 e. The molecule has 1 aromatic heterocycles. The van der Waals surface area contributed by atoms with Crippen LogP contribution in [0.25, 0.3) is 5.69 Å². The third-order valence-corrected chi connectivity index (χ3v) is 7.63. The predicted octanol–water partition coefficient (Wildman–Crippen LogP) is 4.03. The number of aromatic hydroxyl groups is 1. The van der Waals surface area contributed by atoms with Gasteiger partial charge in [-0.25, -0.2) is 0 Å². The maximum Gasteiger partial charge on any atom is 0.214 e. The Balaban J connectivity index is 1.44. The van der Waals surface area contributed by atoms with E-state index in [1.165, 1.54) is 16.7 Å². The molecule has 1 aromatic carbocycles. The Morgan fingerprint density at radius 3 is 2.66 bits per heavy atom. The number of rotatable bonds is 4. The minimum atomic E-state index is 0.0813. The summed E-state index contributed by atoms with van der Waals surface area (Å²) >= 11 is 1.56. The van der Waals surface area contributed by atoms with Gasteiger partial charge in [0.25, 0.3) is 0 Å². The van der Waals surface area contributed by atoms with Crippen molar-refractivity contribution < 1.29 is 9.90 Å². The molecule has 0 aliphatic heterocycles. The molecule has 5 rings (SSSR count). The van der Waals surface area contributed by atoms with Crippen molar-refractivity contribution in [3.05, 3.63) is 58.2 Å². The summed E-state index contributed by atoms with van der Waals surface area (Å²) < 4.78 is 1.67. The number of carbonyl (C=O) groups is 1. The summed E-state index contributed by atoms with van der Waals surface area (Å²) in [5, 5.41) is 22.3. The summed E-state index contributed by atoms with van der Waals surface area (Å²) in [6.45, 7) is 6.38. The van der Waals surface area contributed by atoms with Gasteiger partial charge in [-0.05, 0) is 84.2 Å². The normalized spacial score (nSPS) is 22.4. The summed E-state index contributed by atoms with van der Waals surface area (Å²) in [5.74, 6) is 1.28. The van der Waals surface area contributed by atoms with Crippen molar-refractivity contribution in [1.82, 2.24) is 20.2 Å². The Hall–Kier alpha value is -2.67. The van der Waals surface area contributed by atoms with Gasteiger partial charge in [-0.3, -0.25) is 4.79 Å². The van der Waals surface area contributed by atoms with E-state index >= 15 is 0 Å². The van der Waals surface area contributed by atoms with Crippen LogP contribution in [0.3, 0.4) is 0 Å². The van der Waals surface area contributed by atoms with E-state index in [2.05, 4.69) is 42.4 Å². The van der Waals surface area contributed by atoms with Gasteiger partial charge in [-0.1, -0.05) is 24.3 Å². The van der Waals surface area contributed by atoms with Gasteiger partial charge < -0.3 is 5.11 Å². The van der Waals surface area contributed by atoms with Gasteiger partial charge in [0.15, 0.2) is 5.78 Å². The molecule has 6 nitrogen and oxygen atoms in total. The SMILES string of the molecule is CC1=C(CSc2nnnn2-c2ccc(O)cc2)C2=C(C)C3(CC3)[C@H](C)C(=O)C2=C1. The zero-order valence-corrected chi connectivity index (χ0v) is 17.5. The maximum atomic E-state index is 13.0. The zero-order chi connectivity index (χ0) is 20.3. The Bertz CT molecular complexity index is 1120. The third-order valence-electron chi connectivity index (χ3n) is 6.69. The summed E-state index contributed by atoms with van der Waals surface area (Å²) in [4.78, 5) is 13.0. The lowest BCUT2D eigenvalue weighted by atomic mass is 9.70. The highest BCUT2D eigenvalue weighted by atomic mass is 32.2. The van der Waals surface area contributed by atoms with Gasteiger partial charge in [0.05, 0.1) is 5.69 Å². The first-order chi connectivity index (χ1) is 13.9. The topological polar surface area (TPSA) is 80.9 Å². The van der Waals surface area contributed by atoms with Crippen molar-refractivity contribution in [3.8, 4) is 11.4 Å². The average Bonchev–Trinajstić information content (AvgIpc) is 3.27. The number of hydrogen-bond acceptors (Lipinski definition) is 6. The van der Waals surface area contributed by atoms with Crippen LogP contribution in [0.2, 0.25) is 0 Å². The second-order valence-corrected chi connectivity index (χ2v) is 9.08. The molecule has 7 heteroatoms. The molecular weight excluding hydrogens is 384 g/mol.